The number of amides is 1. The lowest BCUT2D eigenvalue weighted by Crippen LogP contribution is -2.25. The smallest absolute Gasteiger partial charge is 0.222 e. The molecule has 0 atom stereocenters. The maximum absolute atomic E-state index is 12.6. The topological polar surface area (TPSA) is 81.8 Å². The van der Waals surface area contributed by atoms with Gasteiger partial charge in [-0.3, -0.25) is 19.0 Å². The van der Waals surface area contributed by atoms with E-state index >= 15 is 0 Å². The van der Waals surface area contributed by atoms with Crippen molar-refractivity contribution in [3.8, 4) is 11.1 Å². The molecular formula is C28H25N5O2. The fourth-order valence-electron chi connectivity index (χ4n) is 4.16. The summed E-state index contributed by atoms with van der Waals surface area (Å²) in [6, 6.07) is 25.7. The van der Waals surface area contributed by atoms with Crippen molar-refractivity contribution in [2.45, 2.75) is 26.1 Å². The van der Waals surface area contributed by atoms with Crippen LogP contribution >= 0.6 is 0 Å². The van der Waals surface area contributed by atoms with Crippen LogP contribution in [0.15, 0.2) is 102 Å². The number of carbonyl (C=O) groups is 1. The zero-order valence-corrected chi connectivity index (χ0v) is 19.2. The first-order valence-electron chi connectivity index (χ1n) is 11.5. The van der Waals surface area contributed by atoms with E-state index in [4.69, 9.17) is 0 Å². The van der Waals surface area contributed by atoms with Crippen molar-refractivity contribution >= 4 is 16.8 Å². The largest absolute Gasteiger partial charge is 0.352 e. The molecule has 0 saturated carbocycles. The molecule has 7 heteroatoms. The van der Waals surface area contributed by atoms with Crippen molar-refractivity contribution in [1.29, 1.82) is 0 Å². The van der Waals surface area contributed by atoms with Gasteiger partial charge in [0.05, 0.1) is 24.8 Å². The van der Waals surface area contributed by atoms with E-state index in [0.29, 0.717) is 18.5 Å². The van der Waals surface area contributed by atoms with Crippen molar-refractivity contribution in [1.82, 2.24) is 24.9 Å². The minimum absolute atomic E-state index is 0.0704. The van der Waals surface area contributed by atoms with Crippen LogP contribution in [0.4, 0.5) is 0 Å². The summed E-state index contributed by atoms with van der Waals surface area (Å²) in [7, 11) is 0. The van der Waals surface area contributed by atoms with E-state index < -0.39 is 0 Å². The molecule has 1 amide bonds. The van der Waals surface area contributed by atoms with E-state index in [1.165, 1.54) is 11.8 Å². The summed E-state index contributed by atoms with van der Waals surface area (Å²) >= 11 is 0. The minimum Gasteiger partial charge on any atom is -0.352 e. The second-order valence-electron chi connectivity index (χ2n) is 8.33. The maximum atomic E-state index is 12.6. The highest BCUT2D eigenvalue weighted by molar-refractivity contribution is 5.79. The summed E-state index contributed by atoms with van der Waals surface area (Å²) in [5.74, 6) is -0.0704. The molecule has 174 valence electrons. The van der Waals surface area contributed by atoms with Gasteiger partial charge in [-0.05, 0) is 40.5 Å². The Morgan fingerprint density at radius 3 is 2.51 bits per heavy atom. The van der Waals surface area contributed by atoms with E-state index in [0.717, 1.165) is 28.8 Å². The Morgan fingerprint density at radius 2 is 1.69 bits per heavy atom. The van der Waals surface area contributed by atoms with Crippen molar-refractivity contribution in [3.05, 3.63) is 119 Å². The van der Waals surface area contributed by atoms with Gasteiger partial charge in [0.25, 0.3) is 0 Å². The van der Waals surface area contributed by atoms with Gasteiger partial charge in [0.1, 0.15) is 0 Å². The quantitative estimate of drug-likeness (QED) is 0.377. The number of para-hydroxylation sites is 1. The highest BCUT2D eigenvalue weighted by Gasteiger charge is 2.09. The van der Waals surface area contributed by atoms with Gasteiger partial charge >= 0.3 is 0 Å². The number of carbonyl (C=O) groups excluding carboxylic acids is 1. The Labute approximate surface area is 202 Å². The average Bonchev–Trinajstić information content (AvgIpc) is 3.41. The molecule has 5 rings (SSSR count). The van der Waals surface area contributed by atoms with E-state index in [1.807, 2.05) is 53.3 Å². The number of benzene rings is 3. The van der Waals surface area contributed by atoms with Crippen molar-refractivity contribution in [3.63, 3.8) is 0 Å². The van der Waals surface area contributed by atoms with Crippen LogP contribution in [-0.4, -0.2) is 25.5 Å². The monoisotopic (exact) mass is 463 g/mol. The van der Waals surface area contributed by atoms with Crippen LogP contribution in [0.2, 0.25) is 0 Å². The van der Waals surface area contributed by atoms with Crippen molar-refractivity contribution < 1.29 is 4.79 Å². The molecule has 1 N–H and O–H groups in total. The molecule has 0 spiro atoms. The molecule has 5 aromatic rings. The molecule has 0 bridgehead atoms. The molecule has 2 aromatic heterocycles. The molecule has 0 saturated heterocycles. The van der Waals surface area contributed by atoms with Gasteiger partial charge in [-0.15, -0.1) is 0 Å². The lowest BCUT2D eigenvalue weighted by atomic mass is 9.98. The number of hydrogen-bond donors (Lipinski definition) is 1. The van der Waals surface area contributed by atoms with Crippen LogP contribution in [0.1, 0.15) is 17.5 Å². The zero-order chi connectivity index (χ0) is 24.0. The standard InChI is InChI=1S/C28H25N5O2/c34-27-19-31-33(26-9-4-3-8-25(26)27)17-14-28(35)29-18-23-6-1-2-7-24(23)22-12-10-21(11-13-22)20-32-16-5-15-30-32/h1-13,15-16,19H,14,17-18,20H2,(H,29,35). The van der Waals surface area contributed by atoms with Gasteiger partial charge in [-0.1, -0.05) is 60.7 Å². The lowest BCUT2D eigenvalue weighted by Gasteiger charge is -2.13. The second-order valence-corrected chi connectivity index (χ2v) is 8.33. The fraction of sp³-hybridized carbons (Fsp3) is 0.143. The zero-order valence-electron chi connectivity index (χ0n) is 19.2. The summed E-state index contributed by atoms with van der Waals surface area (Å²) in [4.78, 5) is 24.6. The number of nitrogens with zero attached hydrogens (tertiary/aromatic N) is 4. The number of aryl methyl sites for hydroxylation is 1. The van der Waals surface area contributed by atoms with Crippen LogP contribution in [0.5, 0.6) is 0 Å². The van der Waals surface area contributed by atoms with E-state index in [2.05, 4.69) is 45.8 Å². The molecule has 0 radical (unpaired) electrons. The molecule has 0 unspecified atom stereocenters. The summed E-state index contributed by atoms with van der Waals surface area (Å²) < 4.78 is 3.60. The number of hydrogen-bond acceptors (Lipinski definition) is 4. The first kappa shape index (κ1) is 22.3. The fourth-order valence-corrected chi connectivity index (χ4v) is 4.16. The summed E-state index contributed by atoms with van der Waals surface area (Å²) in [6.45, 7) is 1.55. The molecule has 3 aromatic carbocycles. The van der Waals surface area contributed by atoms with Crippen molar-refractivity contribution in [2.75, 3.05) is 0 Å². The Hall–Kier alpha value is -4.52. The Balaban J connectivity index is 1.23. The molecule has 0 aliphatic rings. The number of fused-ring (bicyclic) bond motifs is 1. The predicted octanol–water partition coefficient (Wildman–Crippen LogP) is 4.01. The average molecular weight is 464 g/mol. The molecule has 0 aliphatic carbocycles. The Kier molecular flexibility index (Phi) is 6.48. The molecule has 0 fully saturated rings. The molecule has 0 aliphatic heterocycles. The van der Waals surface area contributed by atoms with Crippen molar-refractivity contribution in [2.24, 2.45) is 0 Å². The van der Waals surface area contributed by atoms with Gasteiger partial charge < -0.3 is 5.32 Å². The third kappa shape index (κ3) is 5.19. The third-order valence-electron chi connectivity index (χ3n) is 5.97. The van der Waals surface area contributed by atoms with Gasteiger partial charge in [0, 0.05) is 30.7 Å². The summed E-state index contributed by atoms with van der Waals surface area (Å²) in [5.41, 5.74) is 5.02. The Morgan fingerprint density at radius 1 is 0.886 bits per heavy atom. The van der Waals surface area contributed by atoms with Crippen LogP contribution < -0.4 is 10.7 Å². The van der Waals surface area contributed by atoms with E-state index in [-0.39, 0.29) is 17.8 Å². The SMILES string of the molecule is O=C(CCn1ncc(=O)c2ccccc21)NCc1ccccc1-c1ccc(Cn2cccn2)cc1. The van der Waals surface area contributed by atoms with Crippen LogP contribution in [0.25, 0.3) is 22.0 Å². The van der Waals surface area contributed by atoms with Gasteiger partial charge in [0.2, 0.25) is 11.3 Å². The Bertz CT molecular complexity index is 1500. The first-order valence-corrected chi connectivity index (χ1v) is 11.5. The molecule has 7 nitrogen and oxygen atoms in total. The van der Waals surface area contributed by atoms with Gasteiger partial charge in [-0.2, -0.15) is 10.2 Å². The normalized spacial score (nSPS) is 11.0. The molecule has 35 heavy (non-hydrogen) atoms. The molecule has 2 heterocycles. The van der Waals surface area contributed by atoms with Crippen LogP contribution in [-0.2, 0) is 24.4 Å². The lowest BCUT2D eigenvalue weighted by molar-refractivity contribution is -0.121. The minimum atomic E-state index is -0.118. The highest BCUT2D eigenvalue weighted by Crippen LogP contribution is 2.24. The second kappa shape index (κ2) is 10.2. The third-order valence-corrected chi connectivity index (χ3v) is 5.97. The predicted molar refractivity (Wildman–Crippen MR) is 136 cm³/mol. The molecular weight excluding hydrogens is 438 g/mol. The van der Waals surface area contributed by atoms with Gasteiger partial charge in [0.15, 0.2) is 0 Å². The summed E-state index contributed by atoms with van der Waals surface area (Å²) in [5, 5.41) is 12.1. The maximum Gasteiger partial charge on any atom is 0.222 e. The van der Waals surface area contributed by atoms with Crippen LogP contribution in [0.3, 0.4) is 0 Å². The number of aromatic nitrogens is 4. The summed E-state index contributed by atoms with van der Waals surface area (Å²) in [6.07, 6.45) is 5.29. The van der Waals surface area contributed by atoms with Gasteiger partial charge in [-0.25, -0.2) is 0 Å². The number of nitrogens with one attached hydrogen (secondary N) is 1. The van der Waals surface area contributed by atoms with Crippen LogP contribution in [0, 0.1) is 0 Å². The van der Waals surface area contributed by atoms with E-state index in [1.54, 1.807) is 16.9 Å². The number of rotatable bonds is 8. The van der Waals surface area contributed by atoms with E-state index in [9.17, 15) is 9.59 Å². The highest BCUT2D eigenvalue weighted by atomic mass is 16.1. The first-order chi connectivity index (χ1) is 17.2.